The van der Waals surface area contributed by atoms with Crippen LogP contribution in [0.1, 0.15) is 346 Å². The van der Waals surface area contributed by atoms with Crippen LogP contribution in [0.15, 0.2) is 143 Å². The highest BCUT2D eigenvalue weighted by Crippen LogP contribution is 2.65. The van der Waals surface area contributed by atoms with Crippen molar-refractivity contribution in [3.8, 4) is 0 Å². The Kier molecular flexibility index (Phi) is 25.0. The van der Waals surface area contributed by atoms with Gasteiger partial charge in [-0.1, -0.05) is 177 Å². The van der Waals surface area contributed by atoms with Crippen LogP contribution in [0.4, 0.5) is 0 Å². The fourth-order valence-corrected chi connectivity index (χ4v) is 23.2. The number of hydrogen-bond donors (Lipinski definition) is 0. The number of aryl methyl sites for hydroxylation is 3. The zero-order chi connectivity index (χ0) is 80.9. The molecule has 20 aliphatic rings. The van der Waals surface area contributed by atoms with E-state index in [1.807, 2.05) is 27.7 Å². The normalized spacial score (nSPS) is 30.1. The summed E-state index contributed by atoms with van der Waals surface area (Å²) in [5.74, 6) is 2.58. The molecule has 9 spiro atoms. The predicted molar refractivity (Wildman–Crippen MR) is 465 cm³/mol. The van der Waals surface area contributed by atoms with E-state index in [9.17, 15) is 0 Å². The highest BCUT2D eigenvalue weighted by atomic mass is 16.7. The van der Waals surface area contributed by atoms with Gasteiger partial charge in [0.25, 0.3) is 0 Å². The van der Waals surface area contributed by atoms with Gasteiger partial charge in [0.1, 0.15) is 33.6 Å². The molecular weight excluding hydrogens is 1450 g/mol. The van der Waals surface area contributed by atoms with Crippen LogP contribution in [0, 0.1) is 23.2 Å². The maximum absolute atomic E-state index is 5.77. The first-order chi connectivity index (χ1) is 55.8. The molecule has 116 heavy (non-hydrogen) atoms. The SMILES string of the molecule is CC1=NOC2(C1)Cc1ccccc1C2.CC1=NOC2(CCC(C)CC2)C1.CC1=NOC2(CCCC2)C1.CC1=NOC2(CCCCC2)C1.CC1=NOC2(CCCCC2)C1.CC1=NO[C@]2(CCCc3ccccc32)C1.CC1=NO[C@]2(CC[C@H]3C[C@@H]2C3(C)C)C1.CC1=NO[C@]2(CCc3ccccc32)C1.CC1=NO[C@]2(CCc3ccccc3C2)C1. The molecule has 0 unspecified atom stereocenters. The van der Waals surface area contributed by atoms with Crippen molar-refractivity contribution < 1.29 is 43.5 Å². The predicted octanol–water partition coefficient (Wildman–Crippen LogP) is 23.4. The largest absolute Gasteiger partial charge is 0.389 e. The summed E-state index contributed by atoms with van der Waals surface area (Å²) in [7, 11) is 0. The summed E-state index contributed by atoms with van der Waals surface area (Å²) in [6, 6.07) is 34.4. The quantitative estimate of drug-likeness (QED) is 0.165. The fraction of sp³-hybridized carbons (Fsp3) is 0.663. The molecule has 4 aromatic rings. The van der Waals surface area contributed by atoms with Crippen LogP contribution in [-0.4, -0.2) is 90.6 Å². The van der Waals surface area contributed by atoms with E-state index in [1.165, 1.54) is 221 Å². The highest BCUT2D eigenvalue weighted by Gasteiger charge is 2.64. The van der Waals surface area contributed by atoms with Crippen LogP contribution in [0.3, 0.4) is 0 Å². The molecule has 7 saturated carbocycles. The van der Waals surface area contributed by atoms with Gasteiger partial charge in [-0.2, -0.15) is 0 Å². The van der Waals surface area contributed by atoms with E-state index >= 15 is 0 Å². The maximum atomic E-state index is 5.77. The first kappa shape index (κ1) is 83.2. The summed E-state index contributed by atoms with van der Waals surface area (Å²) in [4.78, 5) is 50.2. The summed E-state index contributed by atoms with van der Waals surface area (Å²) in [5.41, 5.74) is 22.6. The standard InChI is InChI=1S/2C13H15NO.C12H19NO.2C12H13NO.C10H17NO.2C9H15NO.C8H13NO/c1-10-9-13(15-14-10)8-4-6-11-5-2-3-7-12(11)13;1-10-8-13(15-14-10)7-6-11-4-2-3-5-12(11)9-13;1-8-7-12(14-13-8)5-4-9-6-10(12)11(9,2)3;1-9-6-12(14-13-9)7-10-4-2-3-5-11(10)8-12;1-9-8-12(14-13-9)7-6-10-4-2-3-5-11(10)12;1-8-3-5-10(6-4-8)7-9(2)11-12-10;2*1-8-7-9(11-10-8)5-3-2-4-6-9;1-7-6-8(10-9-7)4-2-3-5-8/h2-3,5,7H,4,6,8-9H2,1H3;2-5H,6-9H2,1H3;9-10H,4-7H2,1-3H3;2*2-5H,6-8H2,1H3;8H,3-7H2,1-2H3;2*2-7H2,1H3;2-6H2,1H3/t2*13-;9-,10+,12+;;12-;;;;/m110.1..../s1. The second kappa shape index (κ2) is 34.8. The van der Waals surface area contributed by atoms with E-state index in [0.29, 0.717) is 5.41 Å². The molecule has 18 nitrogen and oxygen atoms in total. The first-order valence-corrected chi connectivity index (χ1v) is 45.1. The van der Waals surface area contributed by atoms with Gasteiger partial charge < -0.3 is 43.5 Å². The summed E-state index contributed by atoms with van der Waals surface area (Å²) < 4.78 is 0. The second-order valence-corrected chi connectivity index (χ2v) is 39.6. The van der Waals surface area contributed by atoms with E-state index < -0.39 is 0 Å². The number of rotatable bonds is 0. The van der Waals surface area contributed by atoms with Crippen molar-refractivity contribution in [2.45, 2.75) is 390 Å². The van der Waals surface area contributed by atoms with Gasteiger partial charge in [-0.25, -0.2) is 0 Å². The fourth-order valence-electron chi connectivity index (χ4n) is 23.2. The molecule has 626 valence electrons. The van der Waals surface area contributed by atoms with Crippen molar-refractivity contribution in [2.75, 3.05) is 0 Å². The minimum atomic E-state index is -0.126. The Hall–Kier alpha value is -7.89. The Morgan fingerprint density at radius 3 is 1.01 bits per heavy atom. The molecule has 9 heterocycles. The topological polar surface area (TPSA) is 194 Å². The van der Waals surface area contributed by atoms with E-state index in [-0.39, 0.29) is 50.4 Å². The molecular formula is C98H135N9O9. The van der Waals surface area contributed by atoms with Crippen LogP contribution in [0.2, 0.25) is 0 Å². The first-order valence-electron chi connectivity index (χ1n) is 45.1. The summed E-state index contributed by atoms with van der Waals surface area (Å²) in [6.45, 7) is 25.6. The molecule has 4 aromatic carbocycles. The summed E-state index contributed by atoms with van der Waals surface area (Å²) >= 11 is 0. The second-order valence-electron chi connectivity index (χ2n) is 39.6. The van der Waals surface area contributed by atoms with Gasteiger partial charge in [0.2, 0.25) is 0 Å². The molecule has 0 saturated heterocycles. The van der Waals surface area contributed by atoms with E-state index in [2.05, 4.69) is 199 Å². The average molecular weight is 1580 g/mol. The van der Waals surface area contributed by atoms with Crippen LogP contribution in [0.25, 0.3) is 0 Å². The monoisotopic (exact) mass is 1580 g/mol. The van der Waals surface area contributed by atoms with Crippen molar-refractivity contribution in [1.29, 1.82) is 0 Å². The van der Waals surface area contributed by atoms with Crippen molar-refractivity contribution >= 4 is 51.4 Å². The van der Waals surface area contributed by atoms with Gasteiger partial charge in [-0.15, -0.1) is 0 Å². The number of hydrogen-bond acceptors (Lipinski definition) is 18. The molecule has 24 rings (SSSR count). The smallest absolute Gasteiger partial charge is 0.168 e. The van der Waals surface area contributed by atoms with E-state index in [0.717, 1.165) is 150 Å². The third kappa shape index (κ3) is 18.7. The van der Waals surface area contributed by atoms with Gasteiger partial charge in [0.15, 0.2) is 16.8 Å². The number of nitrogens with zero attached hydrogens (tertiary/aromatic N) is 9. The minimum absolute atomic E-state index is 0.0154. The third-order valence-corrected chi connectivity index (χ3v) is 29.3. The van der Waals surface area contributed by atoms with Crippen LogP contribution >= 0.6 is 0 Å². The van der Waals surface area contributed by atoms with E-state index in [1.54, 1.807) is 0 Å². The molecule has 18 heteroatoms. The lowest BCUT2D eigenvalue weighted by atomic mass is 9.43. The van der Waals surface area contributed by atoms with Crippen molar-refractivity contribution in [3.63, 3.8) is 0 Å². The zero-order valence-electron chi connectivity index (χ0n) is 72.5. The molecule has 6 atom stereocenters. The molecule has 9 aliphatic heterocycles. The van der Waals surface area contributed by atoms with Crippen molar-refractivity contribution in [3.05, 3.63) is 142 Å². The lowest BCUT2D eigenvalue weighted by molar-refractivity contribution is -0.214. The van der Waals surface area contributed by atoms with Gasteiger partial charge in [0, 0.05) is 94.1 Å². The molecule has 0 radical (unpaired) electrons. The van der Waals surface area contributed by atoms with Gasteiger partial charge in [-0.05, 0) is 280 Å². The summed E-state index contributed by atoms with van der Waals surface area (Å²) in [5, 5.41) is 36.7. The van der Waals surface area contributed by atoms with Gasteiger partial charge in [0.05, 0.1) is 51.4 Å². The Labute approximate surface area is 692 Å². The van der Waals surface area contributed by atoms with Crippen LogP contribution in [-0.2, 0) is 93.3 Å². The van der Waals surface area contributed by atoms with Crippen molar-refractivity contribution in [1.82, 2.24) is 0 Å². The Balaban J connectivity index is 0.000000103. The average Bonchev–Trinajstić information content (AvgIpc) is 1.20. The molecule has 0 aromatic heterocycles. The Morgan fingerprint density at radius 1 is 0.267 bits per heavy atom. The molecule has 11 aliphatic carbocycles. The molecule has 0 amide bonds. The third-order valence-electron chi connectivity index (χ3n) is 29.3. The lowest BCUT2D eigenvalue weighted by Gasteiger charge is -2.62. The van der Waals surface area contributed by atoms with E-state index in [4.69, 9.17) is 43.5 Å². The molecule has 2 bridgehead atoms. The Morgan fingerprint density at radius 2 is 0.603 bits per heavy atom. The maximum Gasteiger partial charge on any atom is 0.168 e. The lowest BCUT2D eigenvalue weighted by Crippen LogP contribution is -2.61. The molecule has 7 fully saturated rings. The van der Waals surface area contributed by atoms with Gasteiger partial charge in [-0.3, -0.25) is 0 Å². The van der Waals surface area contributed by atoms with Crippen LogP contribution < -0.4 is 0 Å². The number of fused-ring (bicyclic) bond motifs is 7. The number of benzene rings is 4. The minimum Gasteiger partial charge on any atom is -0.389 e. The molecule has 0 N–H and O–H groups in total. The zero-order valence-corrected chi connectivity index (χ0v) is 72.5. The van der Waals surface area contributed by atoms with Crippen molar-refractivity contribution in [2.24, 2.45) is 69.6 Å². The van der Waals surface area contributed by atoms with Gasteiger partial charge >= 0.3 is 0 Å². The Bertz CT molecular complexity index is 4360. The van der Waals surface area contributed by atoms with Crippen LogP contribution in [0.5, 0.6) is 0 Å². The summed E-state index contributed by atoms with van der Waals surface area (Å²) in [6.07, 6.45) is 47.2. The highest BCUT2D eigenvalue weighted by molar-refractivity contribution is 5.87. The number of oxime groups is 9.